The number of rotatable bonds is 16. The Kier molecular flexibility index (Phi) is 12.3. The van der Waals surface area contributed by atoms with Gasteiger partial charge in [-0.05, 0) is 55.5 Å². The molecule has 0 saturated carbocycles. The van der Waals surface area contributed by atoms with E-state index in [1.54, 1.807) is 24.3 Å². The average Bonchev–Trinajstić information content (AvgIpc) is 2.86. The number of ether oxygens (including phenoxy) is 1. The number of hydrazine groups is 1. The number of carbonyl (C=O) groups is 2. The molecule has 184 valence electrons. The third-order valence-electron chi connectivity index (χ3n) is 5.19. The van der Waals surface area contributed by atoms with Crippen LogP contribution in [0.1, 0.15) is 71.7 Å². The first kappa shape index (κ1) is 26.9. The summed E-state index contributed by atoms with van der Waals surface area (Å²) in [7, 11) is 0. The van der Waals surface area contributed by atoms with Gasteiger partial charge in [-0.1, -0.05) is 31.9 Å². The van der Waals surface area contributed by atoms with Crippen LogP contribution in [0, 0.1) is 10.1 Å². The highest BCUT2D eigenvalue weighted by molar-refractivity contribution is 5.94. The third-order valence-corrected chi connectivity index (χ3v) is 5.19. The van der Waals surface area contributed by atoms with E-state index in [9.17, 15) is 19.7 Å². The van der Waals surface area contributed by atoms with Crippen molar-refractivity contribution in [2.75, 3.05) is 19.8 Å². The predicted octanol–water partition coefficient (Wildman–Crippen LogP) is 4.14. The zero-order valence-corrected chi connectivity index (χ0v) is 19.7. The lowest BCUT2D eigenvalue weighted by atomic mass is 10.1. The maximum atomic E-state index is 12.2. The van der Waals surface area contributed by atoms with Crippen LogP contribution < -0.4 is 16.2 Å². The lowest BCUT2D eigenvalue weighted by Gasteiger charge is -2.09. The van der Waals surface area contributed by atoms with Crippen LogP contribution in [-0.2, 0) is 11.3 Å². The molecule has 0 spiro atoms. The molecule has 0 aromatic heterocycles. The highest BCUT2D eigenvalue weighted by atomic mass is 16.6. The summed E-state index contributed by atoms with van der Waals surface area (Å²) in [5.41, 5.74) is 7.25. The van der Waals surface area contributed by atoms with Crippen molar-refractivity contribution in [3.63, 3.8) is 0 Å². The lowest BCUT2D eigenvalue weighted by molar-refractivity contribution is -0.384. The molecule has 0 aliphatic heterocycles. The topological polar surface area (TPSA) is 123 Å². The molecule has 0 atom stereocenters. The number of benzene rings is 2. The minimum absolute atomic E-state index is 0.0670. The van der Waals surface area contributed by atoms with E-state index >= 15 is 0 Å². The van der Waals surface area contributed by atoms with E-state index in [-0.39, 0.29) is 24.0 Å². The van der Waals surface area contributed by atoms with Crippen LogP contribution in [0.3, 0.4) is 0 Å². The van der Waals surface area contributed by atoms with Gasteiger partial charge in [-0.15, -0.1) is 0 Å². The molecule has 2 amide bonds. The Morgan fingerprint density at radius 3 is 2.12 bits per heavy atom. The van der Waals surface area contributed by atoms with Gasteiger partial charge in [-0.2, -0.15) is 0 Å². The number of non-ortho nitro benzene ring substituents is 1. The van der Waals surface area contributed by atoms with Gasteiger partial charge in [0.2, 0.25) is 0 Å². The number of carbonyl (C=O) groups excluding carboxylic acids is 2. The normalized spacial score (nSPS) is 10.6. The van der Waals surface area contributed by atoms with Gasteiger partial charge in [-0.25, -0.2) is 5.43 Å². The second-order valence-corrected chi connectivity index (χ2v) is 7.94. The van der Waals surface area contributed by atoms with Crippen molar-refractivity contribution in [1.29, 1.82) is 0 Å². The van der Waals surface area contributed by atoms with Crippen molar-refractivity contribution < 1.29 is 19.2 Å². The number of hydrogen-bond donors (Lipinski definition) is 3. The fourth-order valence-electron chi connectivity index (χ4n) is 3.16. The van der Waals surface area contributed by atoms with Crippen molar-refractivity contribution in [3.05, 3.63) is 75.3 Å². The largest absolute Gasteiger partial charge is 0.381 e. The first-order valence-corrected chi connectivity index (χ1v) is 11.7. The van der Waals surface area contributed by atoms with E-state index in [4.69, 9.17) is 4.74 Å². The summed E-state index contributed by atoms with van der Waals surface area (Å²) < 4.78 is 5.58. The quantitative estimate of drug-likeness (QED) is 0.193. The lowest BCUT2D eigenvalue weighted by Crippen LogP contribution is -2.37. The van der Waals surface area contributed by atoms with Crippen molar-refractivity contribution in [2.24, 2.45) is 0 Å². The zero-order valence-electron chi connectivity index (χ0n) is 19.7. The molecule has 2 aromatic carbocycles. The van der Waals surface area contributed by atoms with Gasteiger partial charge in [0.05, 0.1) is 4.92 Å². The van der Waals surface area contributed by atoms with Gasteiger partial charge in [0, 0.05) is 49.6 Å². The molecule has 34 heavy (non-hydrogen) atoms. The van der Waals surface area contributed by atoms with Gasteiger partial charge in [0.25, 0.3) is 17.5 Å². The van der Waals surface area contributed by atoms with Crippen LogP contribution in [-0.4, -0.2) is 36.5 Å². The molecule has 9 heteroatoms. The number of nitrogens with zero attached hydrogens (tertiary/aromatic N) is 1. The number of amides is 2. The van der Waals surface area contributed by atoms with Gasteiger partial charge in [0.1, 0.15) is 0 Å². The van der Waals surface area contributed by atoms with Gasteiger partial charge < -0.3 is 10.1 Å². The SMILES string of the molecule is CCCCCOCCCCCNNC(=O)c1ccc(CNC(=O)c2ccc([N+](=O)[O-])cc2)cc1. The first-order chi connectivity index (χ1) is 16.5. The van der Waals surface area contributed by atoms with Crippen LogP contribution in [0.4, 0.5) is 5.69 Å². The molecule has 0 bridgehead atoms. The molecule has 0 aliphatic rings. The molecule has 0 unspecified atom stereocenters. The minimum atomic E-state index is -0.512. The van der Waals surface area contributed by atoms with Crippen LogP contribution in [0.15, 0.2) is 48.5 Å². The summed E-state index contributed by atoms with van der Waals surface area (Å²) in [5, 5.41) is 13.5. The van der Waals surface area contributed by atoms with E-state index in [1.807, 2.05) is 0 Å². The van der Waals surface area contributed by atoms with Gasteiger partial charge in [0.15, 0.2) is 0 Å². The molecule has 2 aromatic rings. The standard InChI is InChI=1S/C25H34N4O5/c1-2-3-6-17-34-18-7-4-5-16-27-28-25(31)22-10-8-20(9-11-22)19-26-24(30)21-12-14-23(15-13-21)29(32)33/h8-15,27H,2-7,16-19H2,1H3,(H,26,30)(H,28,31). The Morgan fingerprint density at radius 1 is 0.853 bits per heavy atom. The Labute approximate surface area is 200 Å². The Bertz CT molecular complexity index is 901. The van der Waals surface area contributed by atoms with E-state index in [2.05, 4.69) is 23.1 Å². The fraction of sp³-hybridized carbons (Fsp3) is 0.440. The maximum absolute atomic E-state index is 12.2. The number of nitro groups is 1. The smallest absolute Gasteiger partial charge is 0.269 e. The number of nitro benzene ring substituents is 1. The van der Waals surface area contributed by atoms with Crippen LogP contribution in [0.2, 0.25) is 0 Å². The fourth-order valence-corrected chi connectivity index (χ4v) is 3.16. The minimum Gasteiger partial charge on any atom is -0.381 e. The molecule has 2 rings (SSSR count). The highest BCUT2D eigenvalue weighted by Gasteiger charge is 2.10. The Morgan fingerprint density at radius 2 is 1.47 bits per heavy atom. The number of hydrogen-bond acceptors (Lipinski definition) is 6. The van der Waals surface area contributed by atoms with Gasteiger partial charge in [-0.3, -0.25) is 25.1 Å². The van der Waals surface area contributed by atoms with Crippen molar-refractivity contribution in [1.82, 2.24) is 16.2 Å². The molecule has 0 radical (unpaired) electrons. The van der Waals surface area contributed by atoms with E-state index in [1.165, 1.54) is 37.1 Å². The first-order valence-electron chi connectivity index (χ1n) is 11.7. The van der Waals surface area contributed by atoms with Crippen LogP contribution in [0.25, 0.3) is 0 Å². The van der Waals surface area contributed by atoms with Gasteiger partial charge >= 0.3 is 0 Å². The molecular formula is C25H34N4O5. The second-order valence-electron chi connectivity index (χ2n) is 7.94. The molecule has 0 aliphatic carbocycles. The Hall–Kier alpha value is -3.30. The average molecular weight is 471 g/mol. The number of nitrogens with one attached hydrogen (secondary N) is 3. The summed E-state index contributed by atoms with van der Waals surface area (Å²) in [6.07, 6.45) is 6.55. The molecule has 0 heterocycles. The van der Waals surface area contributed by atoms with E-state index in [0.717, 1.165) is 44.5 Å². The zero-order chi connectivity index (χ0) is 24.6. The third kappa shape index (κ3) is 10.1. The highest BCUT2D eigenvalue weighted by Crippen LogP contribution is 2.12. The van der Waals surface area contributed by atoms with E-state index in [0.29, 0.717) is 17.7 Å². The molecule has 9 nitrogen and oxygen atoms in total. The van der Waals surface area contributed by atoms with E-state index < -0.39 is 4.92 Å². The maximum Gasteiger partial charge on any atom is 0.269 e. The van der Waals surface area contributed by atoms with Crippen molar-refractivity contribution in [3.8, 4) is 0 Å². The molecular weight excluding hydrogens is 436 g/mol. The number of unbranched alkanes of at least 4 members (excludes halogenated alkanes) is 4. The molecule has 0 saturated heterocycles. The second kappa shape index (κ2) is 15.5. The summed E-state index contributed by atoms with van der Waals surface area (Å²) >= 11 is 0. The van der Waals surface area contributed by atoms with Crippen LogP contribution in [0.5, 0.6) is 0 Å². The monoisotopic (exact) mass is 470 g/mol. The van der Waals surface area contributed by atoms with Crippen molar-refractivity contribution >= 4 is 17.5 Å². The van der Waals surface area contributed by atoms with Crippen LogP contribution >= 0.6 is 0 Å². The summed E-state index contributed by atoms with van der Waals surface area (Å²) in [6.45, 7) is 4.77. The van der Waals surface area contributed by atoms with Crippen molar-refractivity contribution in [2.45, 2.75) is 52.0 Å². The predicted molar refractivity (Wildman–Crippen MR) is 130 cm³/mol. The summed E-state index contributed by atoms with van der Waals surface area (Å²) in [6, 6.07) is 12.3. The summed E-state index contributed by atoms with van der Waals surface area (Å²) in [5.74, 6) is -0.551. The molecule has 3 N–H and O–H groups in total. The Balaban J connectivity index is 1.61. The molecule has 0 fully saturated rings. The summed E-state index contributed by atoms with van der Waals surface area (Å²) in [4.78, 5) is 34.6.